The van der Waals surface area contributed by atoms with Gasteiger partial charge in [0.2, 0.25) is 0 Å². The summed E-state index contributed by atoms with van der Waals surface area (Å²) in [6.07, 6.45) is 5.18. The van der Waals surface area contributed by atoms with Crippen molar-refractivity contribution >= 4 is 17.4 Å². The third kappa shape index (κ3) is 3.05. The Bertz CT molecular complexity index is 417. The van der Waals surface area contributed by atoms with Crippen molar-refractivity contribution in [3.05, 3.63) is 23.4 Å². The number of alkyl halides is 1. The molecule has 0 amide bonds. The van der Waals surface area contributed by atoms with Crippen LogP contribution in [0.15, 0.2) is 12.1 Å². The van der Waals surface area contributed by atoms with Gasteiger partial charge in [0.05, 0.1) is 0 Å². The molecule has 2 nitrogen and oxygen atoms in total. The maximum absolute atomic E-state index is 5.89. The molecule has 1 aliphatic heterocycles. The van der Waals surface area contributed by atoms with Crippen LogP contribution < -0.4 is 4.90 Å². The van der Waals surface area contributed by atoms with E-state index in [0.717, 1.165) is 30.2 Å². The van der Waals surface area contributed by atoms with Crippen molar-refractivity contribution in [2.75, 3.05) is 18.0 Å². The van der Waals surface area contributed by atoms with Gasteiger partial charge in [0.1, 0.15) is 5.82 Å². The van der Waals surface area contributed by atoms with E-state index in [1.54, 1.807) is 0 Å². The van der Waals surface area contributed by atoms with E-state index in [4.69, 9.17) is 16.6 Å². The second-order valence-electron chi connectivity index (χ2n) is 5.74. The summed E-state index contributed by atoms with van der Waals surface area (Å²) in [5.74, 6) is 1.67. The zero-order valence-corrected chi connectivity index (χ0v) is 13.1. The Balaban J connectivity index is 2.07. The average Bonchev–Trinajstić information content (AvgIpc) is 2.47. The van der Waals surface area contributed by atoms with E-state index in [1.165, 1.54) is 25.7 Å². The van der Waals surface area contributed by atoms with Gasteiger partial charge in [-0.15, -0.1) is 11.6 Å². The minimum Gasteiger partial charge on any atom is -0.357 e. The molecule has 0 atom stereocenters. The first-order chi connectivity index (χ1) is 9.14. The van der Waals surface area contributed by atoms with Crippen LogP contribution in [0.25, 0.3) is 0 Å². The molecule has 0 spiro atoms. The molecule has 106 valence electrons. The molecular weight excluding hydrogens is 256 g/mol. The average molecular weight is 281 g/mol. The molecule has 0 unspecified atom stereocenters. The summed E-state index contributed by atoms with van der Waals surface area (Å²) in [5, 5.41) is 0. The lowest BCUT2D eigenvalue weighted by molar-refractivity contribution is 0.199. The van der Waals surface area contributed by atoms with Gasteiger partial charge in [-0.05, 0) is 36.8 Å². The van der Waals surface area contributed by atoms with Crippen LogP contribution in [-0.4, -0.2) is 18.1 Å². The molecule has 0 N–H and O–H groups in total. The third-order valence-electron chi connectivity index (χ3n) is 4.97. The number of piperidine rings is 1. The fourth-order valence-electron chi connectivity index (χ4n) is 3.06. The van der Waals surface area contributed by atoms with Crippen LogP contribution in [0, 0.1) is 12.3 Å². The van der Waals surface area contributed by atoms with Gasteiger partial charge in [-0.3, -0.25) is 0 Å². The first kappa shape index (κ1) is 14.6. The van der Waals surface area contributed by atoms with Crippen molar-refractivity contribution < 1.29 is 0 Å². The molecule has 1 aromatic heterocycles. The Morgan fingerprint density at radius 2 is 1.84 bits per heavy atom. The second-order valence-corrected chi connectivity index (χ2v) is 6.01. The highest BCUT2D eigenvalue weighted by Crippen LogP contribution is 2.38. The van der Waals surface area contributed by atoms with Crippen molar-refractivity contribution in [3.63, 3.8) is 0 Å². The van der Waals surface area contributed by atoms with Crippen LogP contribution in [0.2, 0.25) is 0 Å². The van der Waals surface area contributed by atoms with Crippen molar-refractivity contribution in [3.8, 4) is 0 Å². The topological polar surface area (TPSA) is 16.1 Å². The van der Waals surface area contributed by atoms with Crippen molar-refractivity contribution in [2.45, 2.75) is 52.3 Å². The summed E-state index contributed by atoms with van der Waals surface area (Å²) in [6.45, 7) is 8.98. The quantitative estimate of drug-likeness (QED) is 0.753. The highest BCUT2D eigenvalue weighted by molar-refractivity contribution is 6.17. The van der Waals surface area contributed by atoms with E-state index in [9.17, 15) is 0 Å². The SMILES string of the molecule is CCC1(CC)CCN(c2ccc(CCl)c(C)n2)CC1. The first-order valence-corrected chi connectivity index (χ1v) is 7.95. The standard InChI is InChI=1S/C16H25ClN2/c1-4-16(5-2)8-10-19(11-9-16)15-7-6-14(12-17)13(3)18-15/h6-7H,4-5,8-12H2,1-3H3. The molecule has 0 saturated carbocycles. The zero-order chi connectivity index (χ0) is 13.9. The number of nitrogens with zero attached hydrogens (tertiary/aromatic N) is 2. The molecule has 1 fully saturated rings. The van der Waals surface area contributed by atoms with Gasteiger partial charge in [-0.1, -0.05) is 32.8 Å². The van der Waals surface area contributed by atoms with Crippen LogP contribution in [-0.2, 0) is 5.88 Å². The molecule has 19 heavy (non-hydrogen) atoms. The largest absolute Gasteiger partial charge is 0.357 e. The zero-order valence-electron chi connectivity index (χ0n) is 12.4. The van der Waals surface area contributed by atoms with Crippen LogP contribution in [0.4, 0.5) is 5.82 Å². The van der Waals surface area contributed by atoms with Gasteiger partial charge in [0.25, 0.3) is 0 Å². The lowest BCUT2D eigenvalue weighted by Crippen LogP contribution is -2.40. The molecule has 1 saturated heterocycles. The number of aromatic nitrogens is 1. The molecule has 2 rings (SSSR count). The van der Waals surface area contributed by atoms with Crippen molar-refractivity contribution in [1.29, 1.82) is 0 Å². The molecular formula is C16H25ClN2. The number of halogens is 1. The van der Waals surface area contributed by atoms with Gasteiger partial charge >= 0.3 is 0 Å². The number of hydrogen-bond acceptors (Lipinski definition) is 2. The lowest BCUT2D eigenvalue weighted by Gasteiger charge is -2.41. The van der Waals surface area contributed by atoms with E-state index in [2.05, 4.69) is 30.9 Å². The van der Waals surface area contributed by atoms with E-state index in [0.29, 0.717) is 11.3 Å². The van der Waals surface area contributed by atoms with Crippen LogP contribution in [0.3, 0.4) is 0 Å². The molecule has 3 heteroatoms. The van der Waals surface area contributed by atoms with Gasteiger partial charge < -0.3 is 4.90 Å². The maximum Gasteiger partial charge on any atom is 0.128 e. The van der Waals surface area contributed by atoms with Crippen molar-refractivity contribution in [2.24, 2.45) is 5.41 Å². The number of pyridine rings is 1. The van der Waals surface area contributed by atoms with Gasteiger partial charge in [0, 0.05) is 24.7 Å². The highest BCUT2D eigenvalue weighted by Gasteiger charge is 2.31. The number of rotatable bonds is 4. The number of aryl methyl sites for hydroxylation is 1. The number of hydrogen-bond donors (Lipinski definition) is 0. The first-order valence-electron chi connectivity index (χ1n) is 7.41. The minimum absolute atomic E-state index is 0.549. The summed E-state index contributed by atoms with van der Waals surface area (Å²) in [6, 6.07) is 4.24. The third-order valence-corrected chi connectivity index (χ3v) is 5.26. The Morgan fingerprint density at radius 3 is 2.32 bits per heavy atom. The Morgan fingerprint density at radius 1 is 1.21 bits per heavy atom. The lowest BCUT2D eigenvalue weighted by atomic mass is 9.74. The van der Waals surface area contributed by atoms with E-state index in [1.807, 2.05) is 6.92 Å². The van der Waals surface area contributed by atoms with Crippen LogP contribution in [0.1, 0.15) is 50.8 Å². The molecule has 0 aliphatic carbocycles. The van der Waals surface area contributed by atoms with Crippen LogP contribution >= 0.6 is 11.6 Å². The summed E-state index contributed by atoms with van der Waals surface area (Å²) >= 11 is 5.89. The molecule has 0 radical (unpaired) electrons. The van der Waals surface area contributed by atoms with Gasteiger partial charge in [-0.25, -0.2) is 4.98 Å². The fraction of sp³-hybridized carbons (Fsp3) is 0.688. The van der Waals surface area contributed by atoms with E-state index in [-0.39, 0.29) is 0 Å². The molecule has 1 aromatic rings. The Labute approximate surface area is 122 Å². The summed E-state index contributed by atoms with van der Waals surface area (Å²) < 4.78 is 0. The second kappa shape index (κ2) is 6.13. The fourth-order valence-corrected chi connectivity index (χ4v) is 3.34. The summed E-state index contributed by atoms with van der Waals surface area (Å²) in [4.78, 5) is 7.13. The monoisotopic (exact) mass is 280 g/mol. The minimum atomic E-state index is 0.549. The molecule has 0 aromatic carbocycles. The Hall–Kier alpha value is -0.760. The van der Waals surface area contributed by atoms with Gasteiger partial charge in [0.15, 0.2) is 0 Å². The smallest absolute Gasteiger partial charge is 0.128 e. The van der Waals surface area contributed by atoms with Crippen molar-refractivity contribution in [1.82, 2.24) is 4.98 Å². The molecule has 2 heterocycles. The Kier molecular flexibility index (Phi) is 4.72. The van der Waals surface area contributed by atoms with E-state index >= 15 is 0 Å². The molecule has 0 bridgehead atoms. The highest BCUT2D eigenvalue weighted by atomic mass is 35.5. The van der Waals surface area contributed by atoms with E-state index < -0.39 is 0 Å². The predicted molar refractivity (Wildman–Crippen MR) is 83.0 cm³/mol. The summed E-state index contributed by atoms with van der Waals surface area (Å²) in [5.41, 5.74) is 2.77. The molecule has 1 aliphatic rings. The normalized spacial score (nSPS) is 18.6. The predicted octanol–water partition coefficient (Wildman–Crippen LogP) is 4.54. The summed E-state index contributed by atoms with van der Waals surface area (Å²) in [7, 11) is 0. The maximum atomic E-state index is 5.89. The number of anilines is 1. The van der Waals surface area contributed by atoms with Gasteiger partial charge in [-0.2, -0.15) is 0 Å². The van der Waals surface area contributed by atoms with Crippen LogP contribution in [0.5, 0.6) is 0 Å².